The summed E-state index contributed by atoms with van der Waals surface area (Å²) in [6.45, 7) is 4.57. The standard InChI is InChI=1S/C16H24N2O2S/c1-11-9-13(5-6-14(11)20-3)16-17-10-15(19)18(16)12(2)7-8-21-4/h5-6,9,12,16-17H,7-8,10H2,1-4H3. The molecule has 2 atom stereocenters. The van der Waals surface area contributed by atoms with E-state index in [1.165, 1.54) is 0 Å². The van der Waals surface area contributed by atoms with Crippen LogP contribution in [0.25, 0.3) is 0 Å². The van der Waals surface area contributed by atoms with Crippen molar-refractivity contribution in [3.63, 3.8) is 0 Å². The van der Waals surface area contributed by atoms with Crippen LogP contribution in [0.2, 0.25) is 0 Å². The summed E-state index contributed by atoms with van der Waals surface area (Å²) < 4.78 is 5.31. The molecule has 0 saturated carbocycles. The van der Waals surface area contributed by atoms with Crippen molar-refractivity contribution in [3.05, 3.63) is 29.3 Å². The second-order valence-corrected chi connectivity index (χ2v) is 6.43. The van der Waals surface area contributed by atoms with E-state index in [1.54, 1.807) is 7.11 Å². The highest BCUT2D eigenvalue weighted by molar-refractivity contribution is 7.98. The highest BCUT2D eigenvalue weighted by atomic mass is 32.2. The zero-order chi connectivity index (χ0) is 15.4. The van der Waals surface area contributed by atoms with Crippen LogP contribution in [0.3, 0.4) is 0 Å². The van der Waals surface area contributed by atoms with Gasteiger partial charge in [-0.1, -0.05) is 6.07 Å². The Morgan fingerprint density at radius 3 is 2.90 bits per heavy atom. The van der Waals surface area contributed by atoms with E-state index in [0.717, 1.165) is 29.1 Å². The summed E-state index contributed by atoms with van der Waals surface area (Å²) in [6.07, 6.45) is 3.08. The highest BCUT2D eigenvalue weighted by Crippen LogP contribution is 2.29. The van der Waals surface area contributed by atoms with E-state index in [4.69, 9.17) is 4.74 Å². The molecule has 1 aliphatic heterocycles. The summed E-state index contributed by atoms with van der Waals surface area (Å²) in [5, 5.41) is 3.32. The summed E-state index contributed by atoms with van der Waals surface area (Å²) >= 11 is 1.82. The highest BCUT2D eigenvalue weighted by Gasteiger charge is 2.34. The third-order valence-electron chi connectivity index (χ3n) is 3.96. The zero-order valence-corrected chi connectivity index (χ0v) is 14.0. The molecule has 1 amide bonds. The molecule has 0 aliphatic carbocycles. The third kappa shape index (κ3) is 3.52. The minimum absolute atomic E-state index is 0.0287. The van der Waals surface area contributed by atoms with Crippen LogP contribution in [0.1, 0.15) is 30.6 Å². The molecule has 1 N–H and O–H groups in total. The summed E-state index contributed by atoms with van der Waals surface area (Å²) in [5.74, 6) is 2.13. The minimum atomic E-state index is -0.0287. The van der Waals surface area contributed by atoms with Gasteiger partial charge < -0.3 is 9.64 Å². The van der Waals surface area contributed by atoms with Gasteiger partial charge in [0.2, 0.25) is 5.91 Å². The number of hydrogen-bond acceptors (Lipinski definition) is 4. The van der Waals surface area contributed by atoms with Crippen LogP contribution < -0.4 is 10.1 Å². The lowest BCUT2D eigenvalue weighted by Crippen LogP contribution is -2.38. The number of nitrogens with one attached hydrogen (secondary N) is 1. The Labute approximate surface area is 131 Å². The number of carbonyl (C=O) groups excluding carboxylic acids is 1. The van der Waals surface area contributed by atoms with Crippen LogP contribution in [0.4, 0.5) is 0 Å². The average molecular weight is 308 g/mol. The van der Waals surface area contributed by atoms with Gasteiger partial charge in [0.15, 0.2) is 0 Å². The molecule has 0 spiro atoms. The number of carbonyl (C=O) groups is 1. The van der Waals surface area contributed by atoms with Gasteiger partial charge in [-0.05, 0) is 55.5 Å². The molecule has 1 fully saturated rings. The Balaban J connectivity index is 2.20. The van der Waals surface area contributed by atoms with Gasteiger partial charge in [-0.15, -0.1) is 0 Å². The minimum Gasteiger partial charge on any atom is -0.496 e. The Bertz CT molecular complexity index is 507. The van der Waals surface area contributed by atoms with Crippen LogP contribution >= 0.6 is 11.8 Å². The Kier molecular flexibility index (Phi) is 5.53. The monoisotopic (exact) mass is 308 g/mol. The van der Waals surface area contributed by atoms with Crippen LogP contribution in [0.15, 0.2) is 18.2 Å². The number of hydrogen-bond donors (Lipinski definition) is 1. The first kappa shape index (κ1) is 16.2. The molecule has 1 saturated heterocycles. The summed E-state index contributed by atoms with van der Waals surface area (Å²) in [6, 6.07) is 6.35. The third-order valence-corrected chi connectivity index (χ3v) is 4.61. The van der Waals surface area contributed by atoms with Crippen molar-refractivity contribution < 1.29 is 9.53 Å². The maximum atomic E-state index is 12.2. The van der Waals surface area contributed by atoms with Crippen LogP contribution in [-0.4, -0.2) is 42.5 Å². The van der Waals surface area contributed by atoms with E-state index in [0.29, 0.717) is 6.54 Å². The molecule has 0 radical (unpaired) electrons. The molecule has 1 heterocycles. The number of thioether (sulfide) groups is 1. The lowest BCUT2D eigenvalue weighted by atomic mass is 10.1. The Hall–Kier alpha value is -1.20. The van der Waals surface area contributed by atoms with Gasteiger partial charge in [-0.25, -0.2) is 0 Å². The molecule has 1 aliphatic rings. The van der Waals surface area contributed by atoms with Gasteiger partial charge in [-0.3, -0.25) is 10.1 Å². The number of rotatable bonds is 6. The molecular weight excluding hydrogens is 284 g/mol. The van der Waals surface area contributed by atoms with Crippen molar-refractivity contribution in [2.45, 2.75) is 32.5 Å². The van der Waals surface area contributed by atoms with Crippen molar-refractivity contribution in [2.75, 3.05) is 25.7 Å². The number of nitrogens with zero attached hydrogens (tertiary/aromatic N) is 1. The van der Waals surface area contributed by atoms with Crippen LogP contribution in [0, 0.1) is 6.92 Å². The molecule has 1 aromatic rings. The quantitative estimate of drug-likeness (QED) is 0.877. The smallest absolute Gasteiger partial charge is 0.238 e. The first-order chi connectivity index (χ1) is 10.1. The summed E-state index contributed by atoms with van der Waals surface area (Å²) in [4.78, 5) is 14.2. The molecule has 0 aromatic heterocycles. The van der Waals surface area contributed by atoms with E-state index in [2.05, 4.69) is 24.6 Å². The molecule has 21 heavy (non-hydrogen) atoms. The fraction of sp³-hybridized carbons (Fsp3) is 0.562. The SMILES string of the molecule is COc1ccc(C2NCC(=O)N2C(C)CCSC)cc1C. The summed E-state index contributed by atoms with van der Waals surface area (Å²) in [7, 11) is 1.68. The predicted octanol–water partition coefficient (Wildman–Crippen LogP) is 2.58. The number of methoxy groups -OCH3 is 1. The number of ether oxygens (including phenoxy) is 1. The maximum absolute atomic E-state index is 12.2. The van der Waals surface area contributed by atoms with Gasteiger partial charge in [0.1, 0.15) is 11.9 Å². The van der Waals surface area contributed by atoms with Gasteiger partial charge in [0.25, 0.3) is 0 Å². The Morgan fingerprint density at radius 1 is 1.52 bits per heavy atom. The van der Waals surface area contributed by atoms with Gasteiger partial charge >= 0.3 is 0 Å². The van der Waals surface area contributed by atoms with Crippen molar-refractivity contribution >= 4 is 17.7 Å². The van der Waals surface area contributed by atoms with E-state index in [9.17, 15) is 4.79 Å². The van der Waals surface area contributed by atoms with Crippen LogP contribution in [-0.2, 0) is 4.79 Å². The molecule has 4 nitrogen and oxygen atoms in total. The lowest BCUT2D eigenvalue weighted by Gasteiger charge is -2.31. The van der Waals surface area contributed by atoms with E-state index >= 15 is 0 Å². The van der Waals surface area contributed by atoms with E-state index in [-0.39, 0.29) is 18.1 Å². The summed E-state index contributed by atoms with van der Waals surface area (Å²) in [5.41, 5.74) is 2.21. The van der Waals surface area contributed by atoms with Crippen molar-refractivity contribution in [2.24, 2.45) is 0 Å². The van der Waals surface area contributed by atoms with Gasteiger partial charge in [0, 0.05) is 6.04 Å². The number of aryl methyl sites for hydroxylation is 1. The fourth-order valence-electron chi connectivity index (χ4n) is 2.80. The maximum Gasteiger partial charge on any atom is 0.238 e. The second kappa shape index (κ2) is 7.18. The van der Waals surface area contributed by atoms with E-state index in [1.807, 2.05) is 35.7 Å². The molecule has 116 valence electrons. The molecular formula is C16H24N2O2S. The largest absolute Gasteiger partial charge is 0.496 e. The molecule has 0 bridgehead atoms. The van der Waals surface area contributed by atoms with Crippen molar-refractivity contribution in [1.29, 1.82) is 0 Å². The second-order valence-electron chi connectivity index (χ2n) is 5.44. The topological polar surface area (TPSA) is 41.6 Å². The zero-order valence-electron chi connectivity index (χ0n) is 13.2. The molecule has 2 unspecified atom stereocenters. The molecule has 5 heteroatoms. The molecule has 1 aromatic carbocycles. The number of benzene rings is 1. The average Bonchev–Trinajstić information content (AvgIpc) is 2.86. The van der Waals surface area contributed by atoms with Crippen molar-refractivity contribution in [3.8, 4) is 5.75 Å². The lowest BCUT2D eigenvalue weighted by molar-refractivity contribution is -0.130. The number of amides is 1. The predicted molar refractivity (Wildman–Crippen MR) is 87.8 cm³/mol. The fourth-order valence-corrected chi connectivity index (χ4v) is 3.37. The molecule has 2 rings (SSSR count). The Morgan fingerprint density at radius 2 is 2.29 bits per heavy atom. The van der Waals surface area contributed by atoms with E-state index < -0.39 is 0 Å². The van der Waals surface area contributed by atoms with Crippen molar-refractivity contribution in [1.82, 2.24) is 10.2 Å². The van der Waals surface area contributed by atoms with Gasteiger partial charge in [-0.2, -0.15) is 11.8 Å². The normalized spacial score (nSPS) is 19.9. The first-order valence-electron chi connectivity index (χ1n) is 7.26. The first-order valence-corrected chi connectivity index (χ1v) is 8.66. The van der Waals surface area contributed by atoms with Gasteiger partial charge in [0.05, 0.1) is 13.7 Å². The van der Waals surface area contributed by atoms with Crippen LogP contribution in [0.5, 0.6) is 5.75 Å².